The van der Waals surface area contributed by atoms with Crippen molar-refractivity contribution < 1.29 is 18.0 Å². The second kappa shape index (κ2) is 6.89. The Kier molecular flexibility index (Phi) is 4.93. The van der Waals surface area contributed by atoms with E-state index in [9.17, 15) is 18.0 Å². The number of rotatable bonds is 4. The molecule has 1 aromatic carbocycles. The van der Waals surface area contributed by atoms with Gasteiger partial charge < -0.3 is 5.32 Å². The molecule has 22 heavy (non-hydrogen) atoms. The minimum atomic E-state index is -4.35. The van der Waals surface area contributed by atoms with E-state index in [4.69, 9.17) is 0 Å². The number of hydrogen-bond acceptors (Lipinski definition) is 2. The van der Waals surface area contributed by atoms with Crippen LogP contribution in [-0.2, 0) is 17.5 Å². The monoisotopic (exact) mass is 306 g/mol. The lowest BCUT2D eigenvalue weighted by Crippen LogP contribution is -2.20. The zero-order chi connectivity index (χ0) is 16.0. The molecule has 0 bridgehead atoms. The third-order valence-electron chi connectivity index (χ3n) is 2.88. The smallest absolute Gasteiger partial charge is 0.348 e. The molecule has 0 radical (unpaired) electrons. The van der Waals surface area contributed by atoms with Crippen molar-refractivity contribution in [1.82, 2.24) is 10.3 Å². The van der Waals surface area contributed by atoms with Gasteiger partial charge in [0.1, 0.15) is 0 Å². The van der Waals surface area contributed by atoms with Crippen LogP contribution in [0.4, 0.5) is 13.2 Å². The average molecular weight is 306 g/mol. The van der Waals surface area contributed by atoms with Crippen LogP contribution in [-0.4, -0.2) is 10.9 Å². The van der Waals surface area contributed by atoms with Crippen molar-refractivity contribution in [3.63, 3.8) is 0 Å². The van der Waals surface area contributed by atoms with Gasteiger partial charge in [-0.3, -0.25) is 9.78 Å². The zero-order valence-corrected chi connectivity index (χ0v) is 11.5. The number of aromatic nitrogens is 1. The number of amides is 1. The van der Waals surface area contributed by atoms with Crippen LogP contribution in [0.25, 0.3) is 6.08 Å². The van der Waals surface area contributed by atoms with Crippen molar-refractivity contribution >= 4 is 12.0 Å². The number of alkyl halides is 3. The van der Waals surface area contributed by atoms with E-state index in [1.807, 2.05) is 0 Å². The van der Waals surface area contributed by atoms with Gasteiger partial charge in [-0.05, 0) is 41.5 Å². The summed E-state index contributed by atoms with van der Waals surface area (Å²) in [7, 11) is 0. The quantitative estimate of drug-likeness (QED) is 0.879. The summed E-state index contributed by atoms with van der Waals surface area (Å²) in [6.07, 6.45) is 1.86. The van der Waals surface area contributed by atoms with Gasteiger partial charge in [0.25, 0.3) is 0 Å². The van der Waals surface area contributed by atoms with Gasteiger partial charge in [0.15, 0.2) is 0 Å². The lowest BCUT2D eigenvalue weighted by molar-refractivity contribution is -0.137. The van der Waals surface area contributed by atoms with E-state index in [1.54, 1.807) is 30.6 Å². The van der Waals surface area contributed by atoms with Crippen LogP contribution >= 0.6 is 0 Å². The second-order valence-electron chi connectivity index (χ2n) is 4.53. The first kappa shape index (κ1) is 15.8. The number of hydrogen-bond donors (Lipinski definition) is 1. The van der Waals surface area contributed by atoms with E-state index in [0.29, 0.717) is 5.56 Å². The zero-order valence-electron chi connectivity index (χ0n) is 11.5. The molecule has 0 aliphatic heterocycles. The first-order valence-corrected chi connectivity index (χ1v) is 6.47. The van der Waals surface area contributed by atoms with E-state index in [1.165, 1.54) is 18.2 Å². The molecule has 1 heterocycles. The van der Waals surface area contributed by atoms with Crippen LogP contribution in [0.2, 0.25) is 0 Å². The maximum atomic E-state index is 12.4. The Labute approximate surface area is 125 Å². The normalized spacial score (nSPS) is 11.6. The molecule has 1 aromatic heterocycles. The number of halogens is 3. The maximum absolute atomic E-state index is 12.4. The third-order valence-corrected chi connectivity index (χ3v) is 2.88. The van der Waals surface area contributed by atoms with Crippen molar-refractivity contribution in [2.24, 2.45) is 0 Å². The standard InChI is InChI=1S/C16H13F3N2O/c17-16(18,19)14-4-1-13(2-5-14)11-21-15(22)6-3-12-7-9-20-10-8-12/h1-10H,11H2,(H,21,22)/b6-3+. The Balaban J connectivity index is 1.87. The molecule has 6 heteroatoms. The van der Waals surface area contributed by atoms with E-state index in [-0.39, 0.29) is 12.5 Å². The topological polar surface area (TPSA) is 42.0 Å². The molecule has 0 fully saturated rings. The van der Waals surface area contributed by atoms with Gasteiger partial charge >= 0.3 is 6.18 Å². The highest BCUT2D eigenvalue weighted by molar-refractivity contribution is 5.91. The minimum Gasteiger partial charge on any atom is -0.348 e. The largest absolute Gasteiger partial charge is 0.416 e. The first-order valence-electron chi connectivity index (χ1n) is 6.47. The van der Waals surface area contributed by atoms with Crippen molar-refractivity contribution in [2.45, 2.75) is 12.7 Å². The molecule has 114 valence electrons. The fourth-order valence-electron chi connectivity index (χ4n) is 1.71. The van der Waals surface area contributed by atoms with Crippen LogP contribution in [0, 0.1) is 0 Å². The van der Waals surface area contributed by atoms with Crippen LogP contribution in [0.5, 0.6) is 0 Å². The van der Waals surface area contributed by atoms with Crippen LogP contribution in [0.1, 0.15) is 16.7 Å². The van der Waals surface area contributed by atoms with E-state index < -0.39 is 11.7 Å². The van der Waals surface area contributed by atoms with Crippen LogP contribution in [0.3, 0.4) is 0 Å². The Morgan fingerprint density at radius 1 is 1.09 bits per heavy atom. The maximum Gasteiger partial charge on any atom is 0.416 e. The lowest BCUT2D eigenvalue weighted by atomic mass is 10.1. The Morgan fingerprint density at radius 2 is 1.73 bits per heavy atom. The summed E-state index contributed by atoms with van der Waals surface area (Å²) in [5.74, 6) is -0.322. The number of pyridine rings is 1. The number of nitrogens with one attached hydrogen (secondary N) is 1. The summed E-state index contributed by atoms with van der Waals surface area (Å²) in [4.78, 5) is 15.5. The number of carbonyl (C=O) groups is 1. The van der Waals surface area contributed by atoms with Gasteiger partial charge in [0.2, 0.25) is 5.91 Å². The van der Waals surface area contributed by atoms with Crippen molar-refractivity contribution in [2.75, 3.05) is 0 Å². The summed E-state index contributed by atoms with van der Waals surface area (Å²) in [6, 6.07) is 8.17. The van der Waals surface area contributed by atoms with Gasteiger partial charge in [-0.15, -0.1) is 0 Å². The summed E-state index contributed by atoms with van der Waals surface area (Å²) in [5.41, 5.74) is 0.721. The van der Waals surface area contributed by atoms with Crippen molar-refractivity contribution in [3.8, 4) is 0 Å². The first-order chi connectivity index (χ1) is 10.4. The fourth-order valence-corrected chi connectivity index (χ4v) is 1.71. The molecule has 0 aliphatic carbocycles. The molecule has 0 unspecified atom stereocenters. The summed E-state index contributed by atoms with van der Waals surface area (Å²) < 4.78 is 37.2. The molecule has 0 spiro atoms. The molecule has 2 rings (SSSR count). The van der Waals surface area contributed by atoms with Crippen molar-refractivity contribution in [1.29, 1.82) is 0 Å². The van der Waals surface area contributed by atoms with Gasteiger partial charge in [-0.25, -0.2) is 0 Å². The van der Waals surface area contributed by atoms with Crippen LogP contribution in [0.15, 0.2) is 54.9 Å². The SMILES string of the molecule is O=C(/C=C/c1ccncc1)NCc1ccc(C(F)(F)F)cc1. The van der Waals surface area contributed by atoms with Gasteiger partial charge in [0, 0.05) is 25.0 Å². The molecule has 0 saturated heterocycles. The van der Waals surface area contributed by atoms with E-state index in [2.05, 4.69) is 10.3 Å². The number of benzene rings is 1. The minimum absolute atomic E-state index is 0.164. The molecule has 1 amide bonds. The number of carbonyl (C=O) groups excluding carboxylic acids is 1. The predicted molar refractivity (Wildman–Crippen MR) is 76.6 cm³/mol. The molecule has 3 nitrogen and oxygen atoms in total. The Bertz CT molecular complexity index is 649. The average Bonchev–Trinajstić information content (AvgIpc) is 2.51. The predicted octanol–water partition coefficient (Wildman–Crippen LogP) is 3.43. The molecule has 0 atom stereocenters. The van der Waals surface area contributed by atoms with Gasteiger partial charge in [-0.1, -0.05) is 12.1 Å². The highest BCUT2D eigenvalue weighted by Gasteiger charge is 2.29. The highest BCUT2D eigenvalue weighted by atomic mass is 19.4. The van der Waals surface area contributed by atoms with E-state index in [0.717, 1.165) is 17.7 Å². The Hall–Kier alpha value is -2.63. The fraction of sp³-hybridized carbons (Fsp3) is 0.125. The molecular formula is C16H13F3N2O. The molecular weight excluding hydrogens is 293 g/mol. The number of nitrogens with zero attached hydrogens (tertiary/aromatic N) is 1. The van der Waals surface area contributed by atoms with E-state index >= 15 is 0 Å². The lowest BCUT2D eigenvalue weighted by Gasteiger charge is -2.07. The highest BCUT2D eigenvalue weighted by Crippen LogP contribution is 2.28. The Morgan fingerprint density at radius 3 is 2.32 bits per heavy atom. The summed E-state index contributed by atoms with van der Waals surface area (Å²) in [5, 5.41) is 2.60. The molecule has 0 saturated carbocycles. The van der Waals surface area contributed by atoms with Gasteiger partial charge in [-0.2, -0.15) is 13.2 Å². The molecule has 1 N–H and O–H groups in total. The summed E-state index contributed by atoms with van der Waals surface area (Å²) >= 11 is 0. The molecule has 2 aromatic rings. The third kappa shape index (κ3) is 4.73. The van der Waals surface area contributed by atoms with Crippen molar-refractivity contribution in [3.05, 3.63) is 71.6 Å². The van der Waals surface area contributed by atoms with Crippen LogP contribution < -0.4 is 5.32 Å². The summed E-state index contributed by atoms with van der Waals surface area (Å²) in [6.45, 7) is 0.164. The molecule has 0 aliphatic rings. The van der Waals surface area contributed by atoms with Gasteiger partial charge in [0.05, 0.1) is 5.56 Å². The second-order valence-corrected chi connectivity index (χ2v) is 4.53.